The molecule has 3 nitrogen and oxygen atoms in total. The molecular weight excluding hydrogens is 210 g/mol. The van der Waals surface area contributed by atoms with Crippen molar-refractivity contribution in [1.82, 2.24) is 15.1 Å². The van der Waals surface area contributed by atoms with Crippen LogP contribution in [-0.4, -0.2) is 61.7 Å². The Morgan fingerprint density at radius 2 is 2.18 bits per heavy atom. The zero-order chi connectivity index (χ0) is 12.1. The van der Waals surface area contributed by atoms with Crippen molar-refractivity contribution in [3.8, 4) is 0 Å². The monoisotopic (exact) mass is 239 g/mol. The summed E-state index contributed by atoms with van der Waals surface area (Å²) in [5, 5.41) is 3.46. The number of nitrogens with one attached hydrogen (secondary N) is 1. The molecule has 2 fully saturated rings. The summed E-state index contributed by atoms with van der Waals surface area (Å²) in [7, 11) is 0. The van der Waals surface area contributed by atoms with Crippen LogP contribution in [0.2, 0.25) is 0 Å². The summed E-state index contributed by atoms with van der Waals surface area (Å²) >= 11 is 0. The van der Waals surface area contributed by atoms with Crippen molar-refractivity contribution in [2.75, 3.05) is 45.8 Å². The zero-order valence-electron chi connectivity index (χ0n) is 11.6. The van der Waals surface area contributed by atoms with Crippen molar-refractivity contribution in [3.05, 3.63) is 0 Å². The second-order valence-electron chi connectivity index (χ2n) is 5.78. The largest absolute Gasteiger partial charge is 0.316 e. The summed E-state index contributed by atoms with van der Waals surface area (Å²) in [5.41, 5.74) is 0. The van der Waals surface area contributed by atoms with E-state index in [0.29, 0.717) is 0 Å². The van der Waals surface area contributed by atoms with Crippen LogP contribution in [0, 0.1) is 5.92 Å². The van der Waals surface area contributed by atoms with E-state index < -0.39 is 0 Å². The Kier molecular flexibility index (Phi) is 5.26. The summed E-state index contributed by atoms with van der Waals surface area (Å²) in [6.07, 6.45) is 4.22. The van der Waals surface area contributed by atoms with Crippen molar-refractivity contribution in [2.24, 2.45) is 5.92 Å². The highest BCUT2D eigenvalue weighted by molar-refractivity contribution is 4.79. The Bertz CT molecular complexity index is 214. The maximum absolute atomic E-state index is 3.46. The molecule has 2 rings (SSSR count). The first-order valence-corrected chi connectivity index (χ1v) is 7.46. The Morgan fingerprint density at radius 3 is 2.82 bits per heavy atom. The lowest BCUT2D eigenvalue weighted by Crippen LogP contribution is -2.51. The fourth-order valence-corrected chi connectivity index (χ4v) is 3.31. The average molecular weight is 239 g/mol. The molecule has 0 saturated carbocycles. The molecule has 0 aliphatic carbocycles. The summed E-state index contributed by atoms with van der Waals surface area (Å²) < 4.78 is 0. The van der Waals surface area contributed by atoms with Crippen molar-refractivity contribution in [2.45, 2.75) is 39.2 Å². The van der Waals surface area contributed by atoms with Gasteiger partial charge in [-0.25, -0.2) is 0 Å². The third-order valence-electron chi connectivity index (χ3n) is 4.50. The number of nitrogens with zero attached hydrogens (tertiary/aromatic N) is 2. The Morgan fingerprint density at radius 1 is 1.29 bits per heavy atom. The summed E-state index contributed by atoms with van der Waals surface area (Å²) in [6, 6.07) is 0.752. The molecule has 2 atom stereocenters. The molecule has 2 aliphatic heterocycles. The van der Waals surface area contributed by atoms with Gasteiger partial charge in [0, 0.05) is 25.7 Å². The molecule has 2 saturated heterocycles. The topological polar surface area (TPSA) is 18.5 Å². The van der Waals surface area contributed by atoms with Crippen molar-refractivity contribution in [1.29, 1.82) is 0 Å². The van der Waals surface area contributed by atoms with E-state index in [4.69, 9.17) is 0 Å². The van der Waals surface area contributed by atoms with E-state index >= 15 is 0 Å². The minimum Gasteiger partial charge on any atom is -0.316 e. The van der Waals surface area contributed by atoms with E-state index in [0.717, 1.165) is 12.0 Å². The number of rotatable bonds is 5. The van der Waals surface area contributed by atoms with Gasteiger partial charge in [-0.15, -0.1) is 0 Å². The fraction of sp³-hybridized carbons (Fsp3) is 1.00. The lowest BCUT2D eigenvalue weighted by Gasteiger charge is -2.39. The molecule has 2 aliphatic rings. The summed E-state index contributed by atoms with van der Waals surface area (Å²) in [6.45, 7) is 13.5. The molecule has 0 aromatic heterocycles. The number of hydrogen-bond acceptors (Lipinski definition) is 3. The fourth-order valence-electron chi connectivity index (χ4n) is 3.31. The Labute approximate surface area is 107 Å². The first-order valence-electron chi connectivity index (χ1n) is 7.46. The third-order valence-corrected chi connectivity index (χ3v) is 4.50. The molecular formula is C14H29N3. The van der Waals surface area contributed by atoms with E-state index in [9.17, 15) is 0 Å². The maximum Gasteiger partial charge on any atom is 0.0195 e. The first kappa shape index (κ1) is 13.3. The summed E-state index contributed by atoms with van der Waals surface area (Å²) in [5.74, 6) is 0.962. The van der Waals surface area contributed by atoms with Crippen LogP contribution in [0.15, 0.2) is 0 Å². The quantitative estimate of drug-likeness (QED) is 0.782. The SMILES string of the molecule is CCN1CCN(CCCC2CCNC2)CC1C. The third kappa shape index (κ3) is 3.94. The lowest BCUT2D eigenvalue weighted by atomic mass is 10.0. The van der Waals surface area contributed by atoms with Crippen LogP contribution in [0.4, 0.5) is 0 Å². The molecule has 0 aromatic rings. The van der Waals surface area contributed by atoms with Gasteiger partial charge >= 0.3 is 0 Å². The summed E-state index contributed by atoms with van der Waals surface area (Å²) in [4.78, 5) is 5.26. The van der Waals surface area contributed by atoms with E-state index in [1.165, 1.54) is 65.1 Å². The molecule has 0 radical (unpaired) electrons. The van der Waals surface area contributed by atoms with Crippen molar-refractivity contribution in [3.63, 3.8) is 0 Å². The molecule has 0 aromatic carbocycles. The minimum atomic E-state index is 0.752. The van der Waals surface area contributed by atoms with Gasteiger partial charge in [-0.1, -0.05) is 6.92 Å². The van der Waals surface area contributed by atoms with Gasteiger partial charge in [0.05, 0.1) is 0 Å². The molecule has 2 unspecified atom stereocenters. The second-order valence-corrected chi connectivity index (χ2v) is 5.78. The van der Waals surface area contributed by atoms with Gasteiger partial charge in [0.25, 0.3) is 0 Å². The molecule has 3 heteroatoms. The molecule has 17 heavy (non-hydrogen) atoms. The number of likely N-dealkylation sites (N-methyl/N-ethyl adjacent to an activating group) is 1. The Hall–Kier alpha value is -0.120. The highest BCUT2D eigenvalue weighted by atomic mass is 15.3. The predicted octanol–water partition coefficient (Wildman–Crippen LogP) is 1.40. The molecule has 2 heterocycles. The van der Waals surface area contributed by atoms with Crippen molar-refractivity contribution >= 4 is 0 Å². The van der Waals surface area contributed by atoms with E-state index in [1.807, 2.05) is 0 Å². The van der Waals surface area contributed by atoms with E-state index in [1.54, 1.807) is 0 Å². The van der Waals surface area contributed by atoms with Crippen LogP contribution in [0.3, 0.4) is 0 Å². The highest BCUT2D eigenvalue weighted by Crippen LogP contribution is 2.16. The minimum absolute atomic E-state index is 0.752. The normalized spacial score (nSPS) is 32.1. The van der Waals surface area contributed by atoms with Gasteiger partial charge in [-0.05, 0) is 58.3 Å². The second kappa shape index (κ2) is 6.72. The predicted molar refractivity (Wildman–Crippen MR) is 73.4 cm³/mol. The van der Waals surface area contributed by atoms with Crippen LogP contribution in [0.5, 0.6) is 0 Å². The first-order chi connectivity index (χ1) is 8.29. The smallest absolute Gasteiger partial charge is 0.0195 e. The van der Waals surface area contributed by atoms with Gasteiger partial charge < -0.3 is 10.2 Å². The number of piperazine rings is 1. The zero-order valence-corrected chi connectivity index (χ0v) is 11.6. The van der Waals surface area contributed by atoms with Crippen LogP contribution in [0.25, 0.3) is 0 Å². The highest BCUT2D eigenvalue weighted by Gasteiger charge is 2.22. The van der Waals surface area contributed by atoms with Crippen LogP contribution >= 0.6 is 0 Å². The Balaban J connectivity index is 1.60. The average Bonchev–Trinajstić information content (AvgIpc) is 2.82. The molecule has 1 N–H and O–H groups in total. The lowest BCUT2D eigenvalue weighted by molar-refractivity contribution is 0.0862. The van der Waals surface area contributed by atoms with Gasteiger partial charge in [-0.2, -0.15) is 0 Å². The van der Waals surface area contributed by atoms with Gasteiger partial charge in [0.2, 0.25) is 0 Å². The van der Waals surface area contributed by atoms with Gasteiger partial charge in [-0.3, -0.25) is 4.90 Å². The van der Waals surface area contributed by atoms with E-state index in [-0.39, 0.29) is 0 Å². The van der Waals surface area contributed by atoms with Gasteiger partial charge in [0.15, 0.2) is 0 Å². The van der Waals surface area contributed by atoms with E-state index in [2.05, 4.69) is 29.0 Å². The van der Waals surface area contributed by atoms with Crippen LogP contribution in [0.1, 0.15) is 33.1 Å². The van der Waals surface area contributed by atoms with Crippen molar-refractivity contribution < 1.29 is 0 Å². The van der Waals surface area contributed by atoms with Crippen LogP contribution < -0.4 is 5.32 Å². The standard InChI is InChI=1S/C14H29N3/c1-3-17-10-9-16(12-13(17)2)8-4-5-14-6-7-15-11-14/h13-15H,3-12H2,1-2H3. The molecule has 0 amide bonds. The van der Waals surface area contributed by atoms with Gasteiger partial charge in [0.1, 0.15) is 0 Å². The molecule has 0 spiro atoms. The number of hydrogen-bond donors (Lipinski definition) is 1. The molecule has 100 valence electrons. The molecule has 0 bridgehead atoms. The van der Waals surface area contributed by atoms with Crippen LogP contribution in [-0.2, 0) is 0 Å². The maximum atomic E-state index is 3.46.